The summed E-state index contributed by atoms with van der Waals surface area (Å²) >= 11 is 6.06. The molecule has 2 unspecified atom stereocenters. The van der Waals surface area contributed by atoms with Gasteiger partial charge >= 0.3 is 6.18 Å². The molecule has 2 aliphatic rings. The Morgan fingerprint density at radius 3 is 2.88 bits per heavy atom. The van der Waals surface area contributed by atoms with Crippen LogP contribution in [-0.2, 0) is 9.53 Å². The van der Waals surface area contributed by atoms with E-state index in [0.717, 1.165) is 11.8 Å². The van der Waals surface area contributed by atoms with Crippen LogP contribution >= 0.6 is 11.6 Å². The molecule has 0 radical (unpaired) electrons. The van der Waals surface area contributed by atoms with Gasteiger partial charge in [0.1, 0.15) is 24.2 Å². The van der Waals surface area contributed by atoms with E-state index >= 15 is 0 Å². The molecule has 1 saturated heterocycles. The number of hydrogen-bond acceptors (Lipinski definition) is 7. The molecule has 0 aliphatic carbocycles. The van der Waals surface area contributed by atoms with E-state index in [9.17, 15) is 22.4 Å². The van der Waals surface area contributed by atoms with Gasteiger partial charge in [-0.2, -0.15) is 13.2 Å². The van der Waals surface area contributed by atoms with Gasteiger partial charge in [-0.05, 0) is 13.0 Å². The minimum atomic E-state index is -4.57. The summed E-state index contributed by atoms with van der Waals surface area (Å²) in [5.41, 5.74) is 0.744. The van der Waals surface area contributed by atoms with E-state index in [-0.39, 0.29) is 30.5 Å². The molecule has 33 heavy (non-hydrogen) atoms. The van der Waals surface area contributed by atoms with Crippen molar-refractivity contribution in [3.05, 3.63) is 40.7 Å². The van der Waals surface area contributed by atoms with Crippen molar-refractivity contribution < 1.29 is 27.1 Å². The number of carbonyl (C=O) groups excluding carboxylic acids is 1. The molecule has 3 atom stereocenters. The van der Waals surface area contributed by atoms with Crippen molar-refractivity contribution in [3.63, 3.8) is 0 Å². The van der Waals surface area contributed by atoms with Gasteiger partial charge < -0.3 is 20.3 Å². The quantitative estimate of drug-likeness (QED) is 0.604. The standard InChI is InChI=1S/C20H21ClF4N6O2/c1-2-33-11-4-15(19(32)29-9-20(23,24)25)31(8-11)18-14(22)7-28-17(30-18)13-6-27-16-12(13)3-10(21)5-26-16/h3,5,7,11,13,15H,2,4,6,8-9H2,1H3,(H,26,27)(H,29,32)/t11?,13?,15-/m0/s1. The van der Waals surface area contributed by atoms with Gasteiger partial charge in [0.15, 0.2) is 11.6 Å². The first-order valence-corrected chi connectivity index (χ1v) is 10.7. The summed E-state index contributed by atoms with van der Waals surface area (Å²) in [5.74, 6) is -1.32. The number of carbonyl (C=O) groups is 1. The number of pyridine rings is 1. The lowest BCUT2D eigenvalue weighted by atomic mass is 10.0. The first-order chi connectivity index (χ1) is 15.7. The van der Waals surface area contributed by atoms with Crippen LogP contribution in [0.2, 0.25) is 5.02 Å². The lowest BCUT2D eigenvalue weighted by Crippen LogP contribution is -2.46. The first kappa shape index (κ1) is 23.4. The molecule has 4 heterocycles. The Morgan fingerprint density at radius 1 is 1.36 bits per heavy atom. The Labute approximate surface area is 191 Å². The summed E-state index contributed by atoms with van der Waals surface area (Å²) in [6, 6.07) is 0.640. The second-order valence-electron chi connectivity index (χ2n) is 7.74. The van der Waals surface area contributed by atoms with Gasteiger partial charge in [0.25, 0.3) is 0 Å². The topological polar surface area (TPSA) is 92.3 Å². The maximum absolute atomic E-state index is 14.8. The Morgan fingerprint density at radius 2 is 2.15 bits per heavy atom. The average molecular weight is 489 g/mol. The highest BCUT2D eigenvalue weighted by atomic mass is 35.5. The summed E-state index contributed by atoms with van der Waals surface area (Å²) in [5, 5.41) is 5.41. The third kappa shape index (κ3) is 5.11. The number of ether oxygens (including phenoxy) is 1. The summed E-state index contributed by atoms with van der Waals surface area (Å²) in [7, 11) is 0. The van der Waals surface area contributed by atoms with Crippen LogP contribution in [0.25, 0.3) is 0 Å². The van der Waals surface area contributed by atoms with Gasteiger partial charge in [-0.3, -0.25) is 4.79 Å². The van der Waals surface area contributed by atoms with Crippen molar-refractivity contribution in [2.75, 3.05) is 36.5 Å². The van der Waals surface area contributed by atoms with Gasteiger partial charge in [0.2, 0.25) is 5.91 Å². The fourth-order valence-corrected chi connectivity index (χ4v) is 4.26. The SMILES string of the molecule is CCOC1C[C@@H](C(=O)NCC(F)(F)F)N(c2nc(C3CNc4ncc(Cl)cc43)ncc2F)C1. The number of anilines is 2. The predicted molar refractivity (Wildman–Crippen MR) is 112 cm³/mol. The van der Waals surface area contributed by atoms with Crippen molar-refractivity contribution >= 4 is 29.1 Å². The van der Waals surface area contributed by atoms with Gasteiger partial charge in [-0.25, -0.2) is 19.3 Å². The molecule has 4 rings (SSSR count). The largest absolute Gasteiger partial charge is 0.405 e. The maximum atomic E-state index is 14.8. The maximum Gasteiger partial charge on any atom is 0.405 e. The first-order valence-electron chi connectivity index (χ1n) is 10.3. The highest BCUT2D eigenvalue weighted by molar-refractivity contribution is 6.30. The Bertz CT molecular complexity index is 1040. The van der Waals surface area contributed by atoms with Crippen molar-refractivity contribution in [3.8, 4) is 0 Å². The van der Waals surface area contributed by atoms with Crippen LogP contribution in [0.3, 0.4) is 0 Å². The normalized spacial score (nSPS) is 22.2. The molecular weight excluding hydrogens is 468 g/mol. The monoisotopic (exact) mass is 488 g/mol. The molecule has 13 heteroatoms. The van der Waals surface area contributed by atoms with E-state index < -0.39 is 36.6 Å². The number of hydrogen-bond donors (Lipinski definition) is 2. The molecule has 178 valence electrons. The van der Waals surface area contributed by atoms with Crippen molar-refractivity contribution in [1.29, 1.82) is 0 Å². The van der Waals surface area contributed by atoms with Gasteiger partial charge in [-0.15, -0.1) is 0 Å². The van der Waals surface area contributed by atoms with Crippen molar-refractivity contribution in [2.45, 2.75) is 37.6 Å². The number of rotatable bonds is 6. The third-order valence-electron chi connectivity index (χ3n) is 5.49. The van der Waals surface area contributed by atoms with Crippen LogP contribution < -0.4 is 15.5 Å². The van der Waals surface area contributed by atoms with Crippen LogP contribution in [0.15, 0.2) is 18.5 Å². The predicted octanol–water partition coefficient (Wildman–Crippen LogP) is 2.88. The minimum absolute atomic E-state index is 0.0954. The number of nitrogens with one attached hydrogen (secondary N) is 2. The molecule has 8 nitrogen and oxygen atoms in total. The van der Waals surface area contributed by atoms with Gasteiger partial charge in [0.05, 0.1) is 23.2 Å². The zero-order chi connectivity index (χ0) is 23.8. The summed E-state index contributed by atoms with van der Waals surface area (Å²) < 4.78 is 58.2. The molecule has 2 N–H and O–H groups in total. The zero-order valence-electron chi connectivity index (χ0n) is 17.5. The molecule has 0 aromatic carbocycles. The highest BCUT2D eigenvalue weighted by Gasteiger charge is 2.41. The number of alkyl halides is 3. The fourth-order valence-electron chi connectivity index (χ4n) is 4.09. The van der Waals surface area contributed by atoms with Gasteiger partial charge in [0, 0.05) is 37.9 Å². The average Bonchev–Trinajstić information content (AvgIpc) is 3.36. The van der Waals surface area contributed by atoms with Crippen LogP contribution in [0.5, 0.6) is 0 Å². The molecular formula is C20H21ClF4N6O2. The molecule has 2 aliphatic heterocycles. The molecule has 0 bridgehead atoms. The smallest absolute Gasteiger partial charge is 0.377 e. The van der Waals surface area contributed by atoms with E-state index in [2.05, 4.69) is 20.3 Å². The Hall–Kier alpha value is -2.73. The van der Waals surface area contributed by atoms with E-state index in [4.69, 9.17) is 16.3 Å². The van der Waals surface area contributed by atoms with Crippen LogP contribution in [0, 0.1) is 5.82 Å². The molecule has 1 amide bonds. The molecule has 1 fully saturated rings. The zero-order valence-corrected chi connectivity index (χ0v) is 18.3. The van der Waals surface area contributed by atoms with E-state index in [1.54, 1.807) is 13.0 Å². The third-order valence-corrected chi connectivity index (χ3v) is 5.70. The lowest BCUT2D eigenvalue weighted by Gasteiger charge is -2.26. The lowest BCUT2D eigenvalue weighted by molar-refractivity contribution is -0.139. The summed E-state index contributed by atoms with van der Waals surface area (Å²) in [6.07, 6.45) is -2.44. The summed E-state index contributed by atoms with van der Waals surface area (Å²) in [4.78, 5) is 26.6. The van der Waals surface area contributed by atoms with Crippen LogP contribution in [0.4, 0.5) is 29.2 Å². The number of amides is 1. The van der Waals surface area contributed by atoms with E-state index in [1.807, 2.05) is 5.32 Å². The highest BCUT2D eigenvalue weighted by Crippen LogP contribution is 2.36. The molecule has 0 spiro atoms. The number of fused-ring (bicyclic) bond motifs is 1. The van der Waals surface area contributed by atoms with Crippen LogP contribution in [0.1, 0.15) is 30.7 Å². The fraction of sp³-hybridized carbons (Fsp3) is 0.500. The van der Waals surface area contributed by atoms with E-state index in [0.29, 0.717) is 24.0 Å². The summed E-state index contributed by atoms with van der Waals surface area (Å²) in [6.45, 7) is 1.12. The Balaban J connectivity index is 1.64. The van der Waals surface area contributed by atoms with Gasteiger partial charge in [-0.1, -0.05) is 11.6 Å². The molecule has 0 saturated carbocycles. The van der Waals surface area contributed by atoms with Crippen molar-refractivity contribution in [2.24, 2.45) is 0 Å². The second kappa shape index (κ2) is 9.26. The molecule has 2 aromatic rings. The second-order valence-corrected chi connectivity index (χ2v) is 8.18. The minimum Gasteiger partial charge on any atom is -0.377 e. The van der Waals surface area contributed by atoms with E-state index in [1.165, 1.54) is 11.1 Å². The van der Waals surface area contributed by atoms with Crippen LogP contribution in [-0.4, -0.2) is 65.4 Å². The number of nitrogens with zero attached hydrogens (tertiary/aromatic N) is 4. The molecule has 2 aromatic heterocycles. The number of aromatic nitrogens is 3. The number of halogens is 5. The van der Waals surface area contributed by atoms with Crippen molar-refractivity contribution in [1.82, 2.24) is 20.3 Å². The Kier molecular flexibility index (Phi) is 6.57.